The Morgan fingerprint density at radius 1 is 1.12 bits per heavy atom. The molecule has 0 atom stereocenters. The average molecular weight is 392 g/mol. The van der Waals surface area contributed by atoms with Crippen LogP contribution in [0.1, 0.15) is 16.1 Å². The number of rotatable bonds is 5. The predicted molar refractivity (Wildman–Crippen MR) is 97.4 cm³/mol. The van der Waals surface area contributed by atoms with Crippen LogP contribution in [0.5, 0.6) is 0 Å². The second-order valence-electron chi connectivity index (χ2n) is 5.20. The fourth-order valence-corrected chi connectivity index (χ4v) is 3.00. The normalized spacial score (nSPS) is 10.6. The molecule has 26 heavy (non-hydrogen) atoms. The van der Waals surface area contributed by atoms with Crippen molar-refractivity contribution in [1.29, 1.82) is 0 Å². The number of amides is 1. The van der Waals surface area contributed by atoms with Gasteiger partial charge in [-0.2, -0.15) is 0 Å². The van der Waals surface area contributed by atoms with E-state index in [1.54, 1.807) is 18.2 Å². The van der Waals surface area contributed by atoms with Gasteiger partial charge in [-0.3, -0.25) is 4.79 Å². The second-order valence-corrected chi connectivity index (χ2v) is 6.55. The van der Waals surface area contributed by atoms with Crippen molar-refractivity contribution < 1.29 is 13.6 Å². The summed E-state index contributed by atoms with van der Waals surface area (Å²) in [6.07, 6.45) is 1.32. The molecule has 0 bridgehead atoms. The molecule has 1 aromatic heterocycles. The standard InChI is InChI=1S/C18H12ClF2N3OS/c19-13-9-22-18(26-10-11-5-7-12(20)8-6-11)24-16(13)17(25)23-15-4-2-1-3-14(15)21/h1-9H,10H2,(H,23,25). The van der Waals surface area contributed by atoms with E-state index < -0.39 is 11.7 Å². The largest absolute Gasteiger partial charge is 0.318 e. The summed E-state index contributed by atoms with van der Waals surface area (Å²) >= 11 is 7.27. The van der Waals surface area contributed by atoms with Gasteiger partial charge in [0.05, 0.1) is 16.9 Å². The lowest BCUT2D eigenvalue weighted by atomic mass is 10.2. The highest BCUT2D eigenvalue weighted by molar-refractivity contribution is 7.98. The highest BCUT2D eigenvalue weighted by Crippen LogP contribution is 2.23. The van der Waals surface area contributed by atoms with E-state index in [1.807, 2.05) is 0 Å². The van der Waals surface area contributed by atoms with E-state index in [4.69, 9.17) is 11.6 Å². The van der Waals surface area contributed by atoms with Crippen LogP contribution in [0.2, 0.25) is 5.02 Å². The number of benzene rings is 2. The molecule has 4 nitrogen and oxygen atoms in total. The molecule has 2 aromatic carbocycles. The van der Waals surface area contributed by atoms with Gasteiger partial charge in [0.15, 0.2) is 10.9 Å². The van der Waals surface area contributed by atoms with E-state index in [0.717, 1.165) is 5.56 Å². The van der Waals surface area contributed by atoms with Crippen molar-refractivity contribution in [2.75, 3.05) is 5.32 Å². The molecule has 1 N–H and O–H groups in total. The Kier molecular flexibility index (Phi) is 5.80. The smallest absolute Gasteiger partial charge is 0.276 e. The molecule has 0 unspecified atom stereocenters. The van der Waals surface area contributed by atoms with Gasteiger partial charge in [-0.1, -0.05) is 47.6 Å². The van der Waals surface area contributed by atoms with E-state index in [-0.39, 0.29) is 22.2 Å². The molecule has 0 spiro atoms. The SMILES string of the molecule is O=C(Nc1ccccc1F)c1nc(SCc2ccc(F)cc2)ncc1Cl. The number of anilines is 1. The van der Waals surface area contributed by atoms with Crippen LogP contribution in [0.25, 0.3) is 0 Å². The first-order chi connectivity index (χ1) is 12.5. The second kappa shape index (κ2) is 8.25. The quantitative estimate of drug-likeness (QED) is 0.493. The number of thioether (sulfide) groups is 1. The molecule has 0 saturated carbocycles. The molecule has 0 fully saturated rings. The van der Waals surface area contributed by atoms with Gasteiger partial charge in [0.25, 0.3) is 5.91 Å². The highest BCUT2D eigenvalue weighted by Gasteiger charge is 2.16. The molecule has 1 amide bonds. The van der Waals surface area contributed by atoms with Gasteiger partial charge >= 0.3 is 0 Å². The summed E-state index contributed by atoms with van der Waals surface area (Å²) in [5, 5.41) is 2.83. The van der Waals surface area contributed by atoms with Crippen LogP contribution in [0.4, 0.5) is 14.5 Å². The maximum Gasteiger partial charge on any atom is 0.276 e. The minimum Gasteiger partial charge on any atom is -0.318 e. The Hall–Kier alpha value is -2.51. The first kappa shape index (κ1) is 18.3. The average Bonchev–Trinajstić information content (AvgIpc) is 2.64. The minimum absolute atomic E-state index is 0.0349. The fourth-order valence-electron chi connectivity index (χ4n) is 2.05. The Morgan fingerprint density at radius 3 is 2.58 bits per heavy atom. The number of carbonyl (C=O) groups excluding carboxylic acids is 1. The molecular formula is C18H12ClF2N3OS. The van der Waals surface area contributed by atoms with Crippen molar-refractivity contribution in [1.82, 2.24) is 9.97 Å². The molecule has 0 saturated heterocycles. The van der Waals surface area contributed by atoms with Crippen LogP contribution in [0.15, 0.2) is 59.9 Å². The summed E-state index contributed by atoms with van der Waals surface area (Å²) in [6, 6.07) is 11.8. The maximum absolute atomic E-state index is 13.7. The van der Waals surface area contributed by atoms with Gasteiger partial charge in [-0.05, 0) is 29.8 Å². The van der Waals surface area contributed by atoms with E-state index in [1.165, 1.54) is 48.3 Å². The third kappa shape index (κ3) is 4.56. The van der Waals surface area contributed by atoms with Crippen molar-refractivity contribution in [3.63, 3.8) is 0 Å². The third-order valence-corrected chi connectivity index (χ3v) is 4.55. The summed E-state index contributed by atoms with van der Waals surface area (Å²) in [7, 11) is 0. The Morgan fingerprint density at radius 2 is 1.85 bits per heavy atom. The lowest BCUT2D eigenvalue weighted by molar-refractivity contribution is 0.102. The van der Waals surface area contributed by atoms with Crippen LogP contribution in [0, 0.1) is 11.6 Å². The number of carbonyl (C=O) groups is 1. The Balaban J connectivity index is 1.73. The van der Waals surface area contributed by atoms with E-state index in [0.29, 0.717) is 10.9 Å². The minimum atomic E-state index is -0.633. The van der Waals surface area contributed by atoms with Crippen LogP contribution in [-0.4, -0.2) is 15.9 Å². The van der Waals surface area contributed by atoms with Gasteiger partial charge in [0.2, 0.25) is 0 Å². The number of aromatic nitrogens is 2. The number of hydrogen-bond donors (Lipinski definition) is 1. The highest BCUT2D eigenvalue weighted by atomic mass is 35.5. The topological polar surface area (TPSA) is 54.9 Å². The summed E-state index contributed by atoms with van der Waals surface area (Å²) in [6.45, 7) is 0. The molecule has 3 rings (SSSR count). The number of para-hydroxylation sites is 1. The van der Waals surface area contributed by atoms with Crippen LogP contribution in [0.3, 0.4) is 0 Å². The number of nitrogens with zero attached hydrogens (tertiary/aromatic N) is 2. The zero-order chi connectivity index (χ0) is 18.5. The van der Waals surface area contributed by atoms with Crippen molar-refractivity contribution in [3.8, 4) is 0 Å². The van der Waals surface area contributed by atoms with Gasteiger partial charge in [-0.25, -0.2) is 18.7 Å². The van der Waals surface area contributed by atoms with Gasteiger partial charge in [0.1, 0.15) is 11.6 Å². The molecule has 132 valence electrons. The summed E-state index contributed by atoms with van der Waals surface area (Å²) in [5.41, 5.74) is 0.867. The zero-order valence-corrected chi connectivity index (χ0v) is 14.8. The molecule has 0 aliphatic heterocycles. The molecular weight excluding hydrogens is 380 g/mol. The number of hydrogen-bond acceptors (Lipinski definition) is 4. The maximum atomic E-state index is 13.7. The van der Waals surface area contributed by atoms with Gasteiger partial charge in [0, 0.05) is 5.75 Å². The lowest BCUT2D eigenvalue weighted by Crippen LogP contribution is -2.16. The monoisotopic (exact) mass is 391 g/mol. The van der Waals surface area contributed by atoms with Crippen molar-refractivity contribution in [2.45, 2.75) is 10.9 Å². The van der Waals surface area contributed by atoms with Crippen molar-refractivity contribution in [2.24, 2.45) is 0 Å². The summed E-state index contributed by atoms with van der Waals surface area (Å²) < 4.78 is 26.6. The number of halogens is 3. The Bertz CT molecular complexity index is 938. The molecule has 8 heteroatoms. The van der Waals surface area contributed by atoms with Crippen LogP contribution >= 0.6 is 23.4 Å². The lowest BCUT2D eigenvalue weighted by Gasteiger charge is -2.08. The van der Waals surface area contributed by atoms with Crippen molar-refractivity contribution >= 4 is 35.0 Å². The predicted octanol–water partition coefficient (Wildman–Crippen LogP) is 4.95. The van der Waals surface area contributed by atoms with E-state index in [9.17, 15) is 13.6 Å². The molecule has 1 heterocycles. The van der Waals surface area contributed by atoms with Crippen LogP contribution in [-0.2, 0) is 5.75 Å². The summed E-state index contributed by atoms with van der Waals surface area (Å²) in [4.78, 5) is 20.6. The summed E-state index contributed by atoms with van der Waals surface area (Å²) in [5.74, 6) is -1.01. The van der Waals surface area contributed by atoms with Crippen LogP contribution < -0.4 is 5.32 Å². The molecule has 0 aliphatic rings. The zero-order valence-electron chi connectivity index (χ0n) is 13.2. The molecule has 0 aliphatic carbocycles. The molecule has 3 aromatic rings. The third-order valence-electron chi connectivity index (χ3n) is 3.34. The van der Waals surface area contributed by atoms with Crippen molar-refractivity contribution in [3.05, 3.63) is 82.6 Å². The first-order valence-electron chi connectivity index (χ1n) is 7.48. The fraction of sp³-hybridized carbons (Fsp3) is 0.0556. The van der Waals surface area contributed by atoms with Gasteiger partial charge in [-0.15, -0.1) is 0 Å². The molecule has 0 radical (unpaired) electrons. The first-order valence-corrected chi connectivity index (χ1v) is 8.85. The van der Waals surface area contributed by atoms with E-state index in [2.05, 4.69) is 15.3 Å². The Labute approximate surface area is 157 Å². The van der Waals surface area contributed by atoms with E-state index >= 15 is 0 Å². The van der Waals surface area contributed by atoms with Gasteiger partial charge < -0.3 is 5.32 Å². The number of nitrogens with one attached hydrogen (secondary N) is 1.